The van der Waals surface area contributed by atoms with Gasteiger partial charge in [0.05, 0.1) is 24.5 Å². The number of H-pyrrole nitrogens is 1. The molecule has 6 heteroatoms. The van der Waals surface area contributed by atoms with Crippen LogP contribution in [0.2, 0.25) is 0 Å². The number of aryl methyl sites for hydroxylation is 1. The molecule has 0 bridgehead atoms. The van der Waals surface area contributed by atoms with Crippen LogP contribution in [0.15, 0.2) is 48.7 Å². The molecule has 1 aliphatic rings. The smallest absolute Gasteiger partial charge is 0.156 e. The average Bonchev–Trinajstić information content (AvgIpc) is 3.33. The van der Waals surface area contributed by atoms with Crippen LogP contribution in [-0.4, -0.2) is 20.6 Å². The predicted octanol–water partition coefficient (Wildman–Crippen LogP) is 5.41. The number of imidazole rings is 1. The fourth-order valence-corrected chi connectivity index (χ4v) is 4.13. The summed E-state index contributed by atoms with van der Waals surface area (Å²) in [5, 5.41) is 8.64. The van der Waals surface area contributed by atoms with E-state index in [0.717, 1.165) is 59.6 Å². The SMILES string of the molecule is C=C(CCC)N1Cc2nc(C(=N)c3ccc(-c4cc(F)ccc4CC)cc3N)[nH]c2C1. The molecule has 3 aromatic rings. The highest BCUT2D eigenvalue weighted by Gasteiger charge is 2.25. The monoisotopic (exact) mass is 417 g/mol. The number of fused-ring (bicyclic) bond motifs is 1. The van der Waals surface area contributed by atoms with E-state index >= 15 is 0 Å². The summed E-state index contributed by atoms with van der Waals surface area (Å²) < 4.78 is 13.8. The Morgan fingerprint density at radius 3 is 2.71 bits per heavy atom. The van der Waals surface area contributed by atoms with Crippen molar-refractivity contribution in [1.29, 1.82) is 5.41 Å². The molecular formula is C25H28FN5. The second-order valence-corrected chi connectivity index (χ2v) is 8.01. The van der Waals surface area contributed by atoms with Crippen molar-refractivity contribution in [2.75, 3.05) is 5.73 Å². The molecule has 2 aromatic carbocycles. The van der Waals surface area contributed by atoms with Crippen LogP contribution in [0.4, 0.5) is 10.1 Å². The molecule has 160 valence electrons. The van der Waals surface area contributed by atoms with E-state index in [1.165, 1.54) is 12.1 Å². The normalized spacial score (nSPS) is 12.8. The number of rotatable bonds is 7. The quantitative estimate of drug-likeness (QED) is 0.355. The molecule has 4 N–H and O–H groups in total. The van der Waals surface area contributed by atoms with Gasteiger partial charge in [-0.25, -0.2) is 9.37 Å². The molecular weight excluding hydrogens is 389 g/mol. The molecule has 5 nitrogen and oxygen atoms in total. The lowest BCUT2D eigenvalue weighted by molar-refractivity contribution is 0.344. The third kappa shape index (κ3) is 3.98. The van der Waals surface area contributed by atoms with Crippen LogP contribution in [0.5, 0.6) is 0 Å². The van der Waals surface area contributed by atoms with Crippen molar-refractivity contribution >= 4 is 11.4 Å². The highest BCUT2D eigenvalue weighted by molar-refractivity contribution is 6.12. The van der Waals surface area contributed by atoms with Crippen molar-refractivity contribution in [3.8, 4) is 11.1 Å². The lowest BCUT2D eigenvalue weighted by atomic mass is 9.95. The Balaban J connectivity index is 1.57. The number of aromatic amines is 1. The van der Waals surface area contributed by atoms with Gasteiger partial charge in [-0.2, -0.15) is 0 Å². The van der Waals surface area contributed by atoms with Gasteiger partial charge >= 0.3 is 0 Å². The zero-order valence-corrected chi connectivity index (χ0v) is 18.1. The number of hydrogen-bond donors (Lipinski definition) is 3. The fourth-order valence-electron chi connectivity index (χ4n) is 4.13. The molecule has 1 aromatic heterocycles. The van der Waals surface area contributed by atoms with Crippen LogP contribution in [0.1, 0.15) is 55.0 Å². The molecule has 4 rings (SSSR count). The molecule has 31 heavy (non-hydrogen) atoms. The van der Waals surface area contributed by atoms with E-state index in [4.69, 9.17) is 11.1 Å². The molecule has 0 spiro atoms. The van der Waals surface area contributed by atoms with Crippen LogP contribution in [-0.2, 0) is 19.5 Å². The number of anilines is 1. The first-order chi connectivity index (χ1) is 14.9. The molecule has 0 fully saturated rings. The molecule has 0 aliphatic carbocycles. The summed E-state index contributed by atoms with van der Waals surface area (Å²) in [6.45, 7) is 9.80. The van der Waals surface area contributed by atoms with Gasteiger partial charge in [0, 0.05) is 16.9 Å². The molecule has 2 heterocycles. The van der Waals surface area contributed by atoms with Gasteiger partial charge in [0.1, 0.15) is 11.5 Å². The van der Waals surface area contributed by atoms with Crippen LogP contribution >= 0.6 is 0 Å². The molecule has 1 aliphatic heterocycles. The number of nitrogen functional groups attached to an aromatic ring is 1. The Kier molecular flexibility index (Phi) is 5.63. The van der Waals surface area contributed by atoms with Gasteiger partial charge in [0.2, 0.25) is 0 Å². The molecule has 0 unspecified atom stereocenters. The molecule has 0 radical (unpaired) electrons. The highest BCUT2D eigenvalue weighted by Crippen LogP contribution is 2.30. The standard InChI is InChI=1S/C25H28FN5/c1-4-6-15(3)31-13-22-23(14-31)30-25(29-22)24(28)19-10-8-17(11-21(19)27)20-12-18(26)9-7-16(20)5-2/h7-12,28H,3-6,13-14,27H2,1-2H3,(H,29,30). The summed E-state index contributed by atoms with van der Waals surface area (Å²) in [5.74, 6) is 0.244. The zero-order valence-electron chi connectivity index (χ0n) is 18.1. The van der Waals surface area contributed by atoms with E-state index in [9.17, 15) is 4.39 Å². The predicted molar refractivity (Wildman–Crippen MR) is 123 cm³/mol. The summed E-state index contributed by atoms with van der Waals surface area (Å²) in [5.41, 5.74) is 13.5. The van der Waals surface area contributed by atoms with E-state index in [0.29, 0.717) is 23.6 Å². The van der Waals surface area contributed by atoms with Crippen molar-refractivity contribution < 1.29 is 4.39 Å². The number of aromatic nitrogens is 2. The Hall–Kier alpha value is -3.41. The first-order valence-corrected chi connectivity index (χ1v) is 10.7. The highest BCUT2D eigenvalue weighted by atomic mass is 19.1. The summed E-state index contributed by atoms with van der Waals surface area (Å²) in [6, 6.07) is 10.3. The number of nitrogens with one attached hydrogen (secondary N) is 2. The van der Waals surface area contributed by atoms with Crippen molar-refractivity contribution in [2.45, 2.75) is 46.2 Å². The van der Waals surface area contributed by atoms with E-state index < -0.39 is 0 Å². The van der Waals surface area contributed by atoms with Gasteiger partial charge < -0.3 is 15.6 Å². The minimum absolute atomic E-state index is 0.257. The number of halogens is 1. The topological polar surface area (TPSA) is 81.8 Å². The number of nitrogens with two attached hydrogens (primary N) is 1. The second-order valence-electron chi connectivity index (χ2n) is 8.01. The van der Waals surface area contributed by atoms with E-state index in [2.05, 4.69) is 28.4 Å². The lowest BCUT2D eigenvalue weighted by Crippen LogP contribution is -2.16. The maximum absolute atomic E-state index is 13.8. The van der Waals surface area contributed by atoms with Gasteiger partial charge in [-0.15, -0.1) is 0 Å². The Morgan fingerprint density at radius 1 is 1.23 bits per heavy atom. The molecule has 0 atom stereocenters. The Bertz CT molecular complexity index is 1140. The Labute approximate surface area is 182 Å². The van der Waals surface area contributed by atoms with Gasteiger partial charge in [-0.1, -0.05) is 45.0 Å². The molecule has 0 amide bonds. The average molecular weight is 418 g/mol. The van der Waals surface area contributed by atoms with E-state index in [-0.39, 0.29) is 11.5 Å². The lowest BCUT2D eigenvalue weighted by Gasteiger charge is -2.19. The van der Waals surface area contributed by atoms with Gasteiger partial charge in [0.15, 0.2) is 5.82 Å². The van der Waals surface area contributed by atoms with E-state index in [1.54, 1.807) is 6.07 Å². The third-order valence-corrected chi connectivity index (χ3v) is 5.86. The minimum atomic E-state index is -0.275. The largest absolute Gasteiger partial charge is 0.398 e. The number of allylic oxidation sites excluding steroid dienone is 1. The second kappa shape index (κ2) is 8.38. The number of nitrogens with zero attached hydrogens (tertiary/aromatic N) is 2. The third-order valence-electron chi connectivity index (χ3n) is 5.86. The van der Waals surface area contributed by atoms with Gasteiger partial charge in [0.25, 0.3) is 0 Å². The van der Waals surface area contributed by atoms with Gasteiger partial charge in [-0.05, 0) is 47.7 Å². The summed E-state index contributed by atoms with van der Waals surface area (Å²) in [6.07, 6.45) is 2.84. The maximum Gasteiger partial charge on any atom is 0.156 e. The summed E-state index contributed by atoms with van der Waals surface area (Å²) in [7, 11) is 0. The fraction of sp³-hybridized carbons (Fsp3) is 0.280. The van der Waals surface area contributed by atoms with Crippen LogP contribution in [0, 0.1) is 11.2 Å². The molecule has 0 saturated carbocycles. The van der Waals surface area contributed by atoms with Crippen molar-refractivity contribution in [2.24, 2.45) is 0 Å². The van der Waals surface area contributed by atoms with Crippen LogP contribution in [0.25, 0.3) is 11.1 Å². The number of benzene rings is 2. The van der Waals surface area contributed by atoms with Crippen molar-refractivity contribution in [3.63, 3.8) is 0 Å². The summed E-state index contributed by atoms with van der Waals surface area (Å²) in [4.78, 5) is 10.2. The van der Waals surface area contributed by atoms with Crippen LogP contribution in [0.3, 0.4) is 0 Å². The number of hydrogen-bond acceptors (Lipinski definition) is 4. The summed E-state index contributed by atoms with van der Waals surface area (Å²) >= 11 is 0. The molecule has 0 saturated heterocycles. The first kappa shape index (κ1) is 20.8. The Morgan fingerprint density at radius 2 is 2.03 bits per heavy atom. The van der Waals surface area contributed by atoms with Crippen molar-refractivity contribution in [3.05, 3.63) is 82.8 Å². The maximum atomic E-state index is 13.8. The van der Waals surface area contributed by atoms with E-state index in [1.807, 2.05) is 25.1 Å². The van der Waals surface area contributed by atoms with Gasteiger partial charge in [-0.3, -0.25) is 5.41 Å². The minimum Gasteiger partial charge on any atom is -0.398 e. The first-order valence-electron chi connectivity index (χ1n) is 10.7. The van der Waals surface area contributed by atoms with Crippen LogP contribution < -0.4 is 5.73 Å². The van der Waals surface area contributed by atoms with Crippen molar-refractivity contribution in [1.82, 2.24) is 14.9 Å². The zero-order chi connectivity index (χ0) is 22.1.